The molecule has 0 bridgehead atoms. The zero-order chi connectivity index (χ0) is 16.8. The Morgan fingerprint density at radius 2 is 2.04 bits per heavy atom. The van der Waals surface area contributed by atoms with Crippen molar-refractivity contribution in [1.82, 2.24) is 15.3 Å². The summed E-state index contributed by atoms with van der Waals surface area (Å²) in [5.74, 6) is 1.31. The third kappa shape index (κ3) is 4.22. The fourth-order valence-electron chi connectivity index (χ4n) is 2.65. The predicted octanol–water partition coefficient (Wildman–Crippen LogP) is 2.08. The number of nitrogens with one attached hydrogen (secondary N) is 1. The van der Waals surface area contributed by atoms with Crippen molar-refractivity contribution in [2.75, 3.05) is 24.6 Å². The molecule has 0 atom stereocenters. The average Bonchev–Trinajstić information content (AvgIpc) is 3.14. The van der Waals surface area contributed by atoms with Gasteiger partial charge in [0.15, 0.2) is 6.61 Å². The maximum Gasteiger partial charge on any atom is 0.258 e. The van der Waals surface area contributed by atoms with Crippen LogP contribution in [0.1, 0.15) is 24.1 Å². The largest absolute Gasteiger partial charge is 0.484 e. The van der Waals surface area contributed by atoms with Crippen LogP contribution >= 0.6 is 0 Å². The molecule has 1 fully saturated rings. The molecule has 1 saturated heterocycles. The molecule has 126 valence electrons. The highest BCUT2D eigenvalue weighted by Gasteiger charge is 2.15. The number of anilines is 1. The predicted molar refractivity (Wildman–Crippen MR) is 92.0 cm³/mol. The molecule has 1 aromatic carbocycles. The van der Waals surface area contributed by atoms with Crippen molar-refractivity contribution in [3.05, 3.63) is 47.8 Å². The number of benzene rings is 1. The van der Waals surface area contributed by atoms with Crippen LogP contribution in [0.2, 0.25) is 0 Å². The van der Waals surface area contributed by atoms with Crippen molar-refractivity contribution in [3.8, 4) is 5.75 Å². The second-order valence-corrected chi connectivity index (χ2v) is 5.87. The van der Waals surface area contributed by atoms with Gasteiger partial charge < -0.3 is 15.0 Å². The summed E-state index contributed by atoms with van der Waals surface area (Å²) in [6.07, 6.45) is 4.10. The quantitative estimate of drug-likeness (QED) is 0.880. The first-order valence-corrected chi connectivity index (χ1v) is 8.24. The summed E-state index contributed by atoms with van der Waals surface area (Å²) in [5.41, 5.74) is 1.81. The average molecular weight is 326 g/mol. The second-order valence-electron chi connectivity index (χ2n) is 5.87. The fourth-order valence-corrected chi connectivity index (χ4v) is 2.65. The highest BCUT2D eigenvalue weighted by Crippen LogP contribution is 2.16. The minimum atomic E-state index is -0.167. The molecule has 0 saturated carbocycles. The van der Waals surface area contributed by atoms with E-state index in [4.69, 9.17) is 4.74 Å². The first kappa shape index (κ1) is 16.2. The Bertz CT molecular complexity index is 699. The minimum Gasteiger partial charge on any atom is -0.484 e. The first-order valence-electron chi connectivity index (χ1n) is 8.24. The summed E-state index contributed by atoms with van der Waals surface area (Å²) in [5, 5.41) is 2.83. The second kappa shape index (κ2) is 7.77. The van der Waals surface area contributed by atoms with E-state index in [0.717, 1.165) is 36.0 Å². The van der Waals surface area contributed by atoms with Gasteiger partial charge in [-0.25, -0.2) is 9.97 Å². The summed E-state index contributed by atoms with van der Waals surface area (Å²) in [6, 6.07) is 9.46. The van der Waals surface area contributed by atoms with Gasteiger partial charge in [0.25, 0.3) is 5.91 Å². The van der Waals surface area contributed by atoms with Crippen LogP contribution in [-0.4, -0.2) is 35.6 Å². The van der Waals surface area contributed by atoms with Crippen LogP contribution in [0.3, 0.4) is 0 Å². The topological polar surface area (TPSA) is 67.3 Å². The van der Waals surface area contributed by atoms with Crippen molar-refractivity contribution in [2.24, 2.45) is 0 Å². The fraction of sp³-hybridized carbons (Fsp3) is 0.389. The third-order valence-electron chi connectivity index (χ3n) is 4.01. The SMILES string of the molecule is Cc1ccccc1OCC(=O)NCc1ccnc(N2CCCC2)n1. The summed E-state index contributed by atoms with van der Waals surface area (Å²) in [6.45, 7) is 4.32. The molecule has 0 radical (unpaired) electrons. The summed E-state index contributed by atoms with van der Waals surface area (Å²) in [7, 11) is 0. The van der Waals surface area contributed by atoms with Gasteiger partial charge in [-0.2, -0.15) is 0 Å². The number of rotatable bonds is 6. The summed E-state index contributed by atoms with van der Waals surface area (Å²) < 4.78 is 5.54. The Balaban J connectivity index is 1.49. The molecule has 1 aromatic heterocycles. The summed E-state index contributed by atoms with van der Waals surface area (Å²) in [4.78, 5) is 23.0. The molecule has 1 amide bonds. The number of hydrogen-bond acceptors (Lipinski definition) is 5. The van der Waals surface area contributed by atoms with Crippen LogP contribution in [0.15, 0.2) is 36.5 Å². The van der Waals surface area contributed by atoms with Gasteiger partial charge >= 0.3 is 0 Å². The molecule has 2 heterocycles. The van der Waals surface area contributed by atoms with Crippen molar-refractivity contribution < 1.29 is 9.53 Å². The Hall–Kier alpha value is -2.63. The van der Waals surface area contributed by atoms with Crippen molar-refractivity contribution >= 4 is 11.9 Å². The van der Waals surface area contributed by atoms with Gasteiger partial charge in [0.1, 0.15) is 5.75 Å². The van der Waals surface area contributed by atoms with E-state index in [1.807, 2.05) is 37.3 Å². The van der Waals surface area contributed by atoms with Crippen LogP contribution in [-0.2, 0) is 11.3 Å². The van der Waals surface area contributed by atoms with E-state index in [0.29, 0.717) is 6.54 Å². The number of aryl methyl sites for hydroxylation is 1. The number of ether oxygens (including phenoxy) is 1. The Morgan fingerprint density at radius 3 is 2.83 bits per heavy atom. The lowest BCUT2D eigenvalue weighted by atomic mass is 10.2. The van der Waals surface area contributed by atoms with Crippen molar-refractivity contribution in [2.45, 2.75) is 26.3 Å². The van der Waals surface area contributed by atoms with E-state index < -0.39 is 0 Å². The molecule has 6 nitrogen and oxygen atoms in total. The number of para-hydroxylation sites is 1. The zero-order valence-corrected chi connectivity index (χ0v) is 13.9. The maximum absolute atomic E-state index is 12.0. The molecule has 1 aliphatic rings. The number of aromatic nitrogens is 2. The lowest BCUT2D eigenvalue weighted by Gasteiger charge is -2.15. The minimum absolute atomic E-state index is 0.00504. The van der Waals surface area contributed by atoms with E-state index in [-0.39, 0.29) is 12.5 Å². The van der Waals surface area contributed by atoms with Gasteiger partial charge in [-0.15, -0.1) is 0 Å². The Kier molecular flexibility index (Phi) is 5.25. The highest BCUT2D eigenvalue weighted by molar-refractivity contribution is 5.77. The number of carbonyl (C=O) groups excluding carboxylic acids is 1. The van der Waals surface area contributed by atoms with Gasteiger partial charge in [0.2, 0.25) is 5.95 Å². The van der Waals surface area contributed by atoms with Gasteiger partial charge in [-0.05, 0) is 37.5 Å². The highest BCUT2D eigenvalue weighted by atomic mass is 16.5. The van der Waals surface area contributed by atoms with Gasteiger partial charge in [0.05, 0.1) is 12.2 Å². The molecule has 1 N–H and O–H groups in total. The number of amides is 1. The molecule has 2 aromatic rings. The number of hydrogen-bond donors (Lipinski definition) is 1. The molecule has 0 aliphatic carbocycles. The van der Waals surface area contributed by atoms with E-state index >= 15 is 0 Å². The molecule has 3 rings (SSSR count). The molecule has 24 heavy (non-hydrogen) atoms. The maximum atomic E-state index is 12.0. The lowest BCUT2D eigenvalue weighted by molar-refractivity contribution is -0.123. The van der Waals surface area contributed by atoms with Crippen molar-refractivity contribution in [1.29, 1.82) is 0 Å². The van der Waals surface area contributed by atoms with Gasteiger partial charge in [-0.1, -0.05) is 18.2 Å². The van der Waals surface area contributed by atoms with E-state index in [1.54, 1.807) is 6.20 Å². The van der Waals surface area contributed by atoms with E-state index in [2.05, 4.69) is 20.2 Å². The first-order chi connectivity index (χ1) is 11.7. The van der Waals surface area contributed by atoms with Crippen molar-refractivity contribution in [3.63, 3.8) is 0 Å². The Morgan fingerprint density at radius 1 is 1.25 bits per heavy atom. The summed E-state index contributed by atoms with van der Waals surface area (Å²) >= 11 is 0. The van der Waals surface area contributed by atoms with Gasteiger partial charge in [-0.3, -0.25) is 4.79 Å². The van der Waals surface area contributed by atoms with Crippen LogP contribution in [0.25, 0.3) is 0 Å². The smallest absolute Gasteiger partial charge is 0.258 e. The van der Waals surface area contributed by atoms with E-state index in [9.17, 15) is 4.79 Å². The van der Waals surface area contributed by atoms with Crippen LogP contribution < -0.4 is 15.0 Å². The molecule has 1 aliphatic heterocycles. The molecule has 0 spiro atoms. The van der Waals surface area contributed by atoms with Crippen LogP contribution in [0, 0.1) is 6.92 Å². The van der Waals surface area contributed by atoms with Crippen LogP contribution in [0.4, 0.5) is 5.95 Å². The number of nitrogens with zero attached hydrogens (tertiary/aromatic N) is 3. The molecule has 6 heteroatoms. The van der Waals surface area contributed by atoms with Crippen LogP contribution in [0.5, 0.6) is 5.75 Å². The zero-order valence-electron chi connectivity index (χ0n) is 13.9. The Labute approximate surface area is 141 Å². The third-order valence-corrected chi connectivity index (χ3v) is 4.01. The molecule has 0 unspecified atom stereocenters. The number of carbonyl (C=O) groups is 1. The standard InChI is InChI=1S/C18H22N4O2/c1-14-6-2-3-7-16(14)24-13-17(23)20-12-15-8-9-19-18(21-15)22-10-4-5-11-22/h2-3,6-9H,4-5,10-13H2,1H3,(H,20,23). The lowest BCUT2D eigenvalue weighted by Crippen LogP contribution is -2.29. The van der Waals surface area contributed by atoms with Gasteiger partial charge in [0, 0.05) is 19.3 Å². The normalized spacial score (nSPS) is 13.8. The molecular weight excluding hydrogens is 304 g/mol. The molecular formula is C18H22N4O2. The monoisotopic (exact) mass is 326 g/mol. The van der Waals surface area contributed by atoms with E-state index in [1.165, 1.54) is 12.8 Å².